The predicted molar refractivity (Wildman–Crippen MR) is 71.9 cm³/mol. The normalized spacial score (nSPS) is 12.6. The highest BCUT2D eigenvalue weighted by Gasteiger charge is 2.16. The molecular weight excluding hydrogens is 194 g/mol. The summed E-state index contributed by atoms with van der Waals surface area (Å²) in [5.41, 5.74) is 14.4. The Morgan fingerprint density at radius 2 is 1.31 bits per heavy atom. The van der Waals surface area contributed by atoms with E-state index >= 15 is 0 Å². The Balaban J connectivity index is 3.44. The minimum Gasteiger partial charge on any atom is -0.324 e. The lowest BCUT2D eigenvalue weighted by Gasteiger charge is -2.22. The van der Waals surface area contributed by atoms with Crippen LogP contribution in [0.1, 0.15) is 45.8 Å². The van der Waals surface area contributed by atoms with Crippen LogP contribution in [0.15, 0.2) is 12.7 Å². The van der Waals surface area contributed by atoms with Crippen molar-refractivity contribution in [3.05, 3.63) is 46.0 Å². The fraction of sp³-hybridized carbons (Fsp3) is 0.467. The molecule has 1 nitrogen and oxygen atoms in total. The highest BCUT2D eigenvalue weighted by Crippen LogP contribution is 2.30. The minimum absolute atomic E-state index is 0.0792. The van der Waals surface area contributed by atoms with Crippen LogP contribution < -0.4 is 5.73 Å². The van der Waals surface area contributed by atoms with Gasteiger partial charge in [-0.1, -0.05) is 6.08 Å². The summed E-state index contributed by atoms with van der Waals surface area (Å²) in [6.07, 6.45) is 2.73. The fourth-order valence-corrected chi connectivity index (χ4v) is 2.38. The lowest BCUT2D eigenvalue weighted by atomic mass is 9.86. The van der Waals surface area contributed by atoms with Crippen molar-refractivity contribution < 1.29 is 0 Å². The molecule has 0 aliphatic rings. The van der Waals surface area contributed by atoms with Crippen molar-refractivity contribution in [3.8, 4) is 0 Å². The molecule has 16 heavy (non-hydrogen) atoms. The van der Waals surface area contributed by atoms with Crippen molar-refractivity contribution in [2.24, 2.45) is 5.73 Å². The minimum atomic E-state index is 0.0792. The first-order valence-electron chi connectivity index (χ1n) is 5.85. The molecule has 0 unspecified atom stereocenters. The molecule has 1 rings (SSSR count). The molecule has 0 bridgehead atoms. The van der Waals surface area contributed by atoms with Crippen LogP contribution in [0.5, 0.6) is 0 Å². The van der Waals surface area contributed by atoms with Crippen LogP contribution >= 0.6 is 0 Å². The Bertz CT molecular complexity index is 387. The van der Waals surface area contributed by atoms with Gasteiger partial charge >= 0.3 is 0 Å². The molecule has 0 amide bonds. The molecule has 0 aromatic heterocycles. The molecule has 0 aliphatic carbocycles. The van der Waals surface area contributed by atoms with Gasteiger partial charge in [-0.15, -0.1) is 6.58 Å². The Morgan fingerprint density at radius 3 is 1.69 bits per heavy atom. The highest BCUT2D eigenvalue weighted by atomic mass is 14.6. The van der Waals surface area contributed by atoms with E-state index in [-0.39, 0.29) is 6.04 Å². The average Bonchev–Trinajstić information content (AvgIpc) is 2.24. The Labute approximate surface area is 99.4 Å². The lowest BCUT2D eigenvalue weighted by molar-refractivity contribution is 0.726. The van der Waals surface area contributed by atoms with E-state index in [1.54, 1.807) is 0 Å². The lowest BCUT2D eigenvalue weighted by Crippen LogP contribution is -2.15. The van der Waals surface area contributed by atoms with Crippen LogP contribution in [0.3, 0.4) is 0 Å². The molecule has 0 heterocycles. The maximum atomic E-state index is 6.22. The molecule has 88 valence electrons. The first kappa shape index (κ1) is 13.0. The van der Waals surface area contributed by atoms with Crippen molar-refractivity contribution in [2.75, 3.05) is 0 Å². The predicted octanol–water partition coefficient (Wildman–Crippen LogP) is 3.80. The summed E-state index contributed by atoms with van der Waals surface area (Å²) in [5.74, 6) is 0. The van der Waals surface area contributed by atoms with Gasteiger partial charge in [0, 0.05) is 6.04 Å². The van der Waals surface area contributed by atoms with Gasteiger partial charge in [0.2, 0.25) is 0 Å². The molecule has 0 aliphatic heterocycles. The van der Waals surface area contributed by atoms with E-state index in [2.05, 4.69) is 41.2 Å². The molecule has 1 atom stereocenters. The summed E-state index contributed by atoms with van der Waals surface area (Å²) >= 11 is 0. The van der Waals surface area contributed by atoms with Crippen LogP contribution in [0.25, 0.3) is 0 Å². The monoisotopic (exact) mass is 217 g/mol. The maximum absolute atomic E-state index is 6.22. The first-order chi connectivity index (χ1) is 7.41. The molecule has 0 radical (unpaired) electrons. The molecular formula is C15H23N. The van der Waals surface area contributed by atoms with Crippen molar-refractivity contribution in [2.45, 2.75) is 47.1 Å². The van der Waals surface area contributed by atoms with Crippen molar-refractivity contribution in [1.29, 1.82) is 0 Å². The Kier molecular flexibility index (Phi) is 3.93. The molecule has 0 spiro atoms. The van der Waals surface area contributed by atoms with E-state index in [0.717, 1.165) is 6.42 Å². The third-order valence-corrected chi connectivity index (χ3v) is 3.85. The largest absolute Gasteiger partial charge is 0.324 e. The second kappa shape index (κ2) is 4.84. The van der Waals surface area contributed by atoms with Crippen LogP contribution in [-0.4, -0.2) is 0 Å². The molecule has 0 saturated heterocycles. The van der Waals surface area contributed by atoms with E-state index in [1.165, 1.54) is 33.4 Å². The smallest absolute Gasteiger partial charge is 0.0335 e. The molecule has 1 aromatic carbocycles. The van der Waals surface area contributed by atoms with Crippen LogP contribution in [-0.2, 0) is 0 Å². The van der Waals surface area contributed by atoms with Gasteiger partial charge in [-0.2, -0.15) is 0 Å². The number of nitrogens with two attached hydrogens (primary N) is 1. The second-order valence-electron chi connectivity index (χ2n) is 4.67. The van der Waals surface area contributed by atoms with E-state index in [9.17, 15) is 0 Å². The van der Waals surface area contributed by atoms with Crippen molar-refractivity contribution in [3.63, 3.8) is 0 Å². The fourth-order valence-electron chi connectivity index (χ4n) is 2.38. The van der Waals surface area contributed by atoms with Gasteiger partial charge in [0.05, 0.1) is 0 Å². The summed E-state index contributed by atoms with van der Waals surface area (Å²) in [5, 5.41) is 0. The Morgan fingerprint density at radius 1 is 0.938 bits per heavy atom. The highest BCUT2D eigenvalue weighted by molar-refractivity contribution is 5.50. The third kappa shape index (κ3) is 2.05. The quantitative estimate of drug-likeness (QED) is 0.766. The van der Waals surface area contributed by atoms with Crippen molar-refractivity contribution in [1.82, 2.24) is 0 Å². The molecule has 1 heteroatoms. The van der Waals surface area contributed by atoms with Crippen LogP contribution in [0, 0.1) is 34.6 Å². The van der Waals surface area contributed by atoms with Crippen LogP contribution in [0.2, 0.25) is 0 Å². The molecule has 2 N–H and O–H groups in total. The standard InChI is InChI=1S/C15H23N/c1-7-8-14(16)15-12(5)10(3)9(2)11(4)13(15)6/h7,14H,1,8,16H2,2-6H3/t14-/m0/s1. The van der Waals surface area contributed by atoms with Gasteiger partial charge in [0.15, 0.2) is 0 Å². The van der Waals surface area contributed by atoms with E-state index in [4.69, 9.17) is 5.73 Å². The summed E-state index contributed by atoms with van der Waals surface area (Å²) in [6, 6.07) is 0.0792. The van der Waals surface area contributed by atoms with Gasteiger partial charge in [0.25, 0.3) is 0 Å². The maximum Gasteiger partial charge on any atom is 0.0335 e. The van der Waals surface area contributed by atoms with Crippen LogP contribution in [0.4, 0.5) is 0 Å². The van der Waals surface area contributed by atoms with Gasteiger partial charge in [-0.05, 0) is 74.4 Å². The van der Waals surface area contributed by atoms with Gasteiger partial charge < -0.3 is 5.73 Å². The number of rotatable bonds is 3. The summed E-state index contributed by atoms with van der Waals surface area (Å²) < 4.78 is 0. The number of benzene rings is 1. The zero-order valence-corrected chi connectivity index (χ0v) is 11.1. The van der Waals surface area contributed by atoms with E-state index in [0.29, 0.717) is 0 Å². The zero-order valence-electron chi connectivity index (χ0n) is 11.1. The van der Waals surface area contributed by atoms with E-state index in [1.807, 2.05) is 6.08 Å². The molecule has 0 fully saturated rings. The number of hydrogen-bond donors (Lipinski definition) is 1. The molecule has 1 aromatic rings. The first-order valence-corrected chi connectivity index (χ1v) is 5.85. The second-order valence-corrected chi connectivity index (χ2v) is 4.67. The van der Waals surface area contributed by atoms with E-state index < -0.39 is 0 Å². The summed E-state index contributed by atoms with van der Waals surface area (Å²) in [4.78, 5) is 0. The Hall–Kier alpha value is -1.08. The SMILES string of the molecule is C=CC[C@H](N)c1c(C)c(C)c(C)c(C)c1C. The summed E-state index contributed by atoms with van der Waals surface area (Å²) in [7, 11) is 0. The van der Waals surface area contributed by atoms with Gasteiger partial charge in [0.1, 0.15) is 0 Å². The third-order valence-electron chi connectivity index (χ3n) is 3.85. The van der Waals surface area contributed by atoms with Gasteiger partial charge in [-0.25, -0.2) is 0 Å². The van der Waals surface area contributed by atoms with Gasteiger partial charge in [-0.3, -0.25) is 0 Å². The summed E-state index contributed by atoms with van der Waals surface area (Å²) in [6.45, 7) is 14.7. The van der Waals surface area contributed by atoms with Crippen molar-refractivity contribution >= 4 is 0 Å². The molecule has 0 saturated carbocycles. The average molecular weight is 217 g/mol. The zero-order chi connectivity index (χ0) is 12.5. The topological polar surface area (TPSA) is 26.0 Å². The number of hydrogen-bond acceptors (Lipinski definition) is 1.